The van der Waals surface area contributed by atoms with Crippen LogP contribution < -0.4 is 10.1 Å². The van der Waals surface area contributed by atoms with Gasteiger partial charge in [-0.15, -0.1) is 0 Å². The van der Waals surface area contributed by atoms with Crippen LogP contribution in [-0.2, 0) is 11.2 Å². The predicted molar refractivity (Wildman–Crippen MR) is 87.0 cm³/mol. The lowest BCUT2D eigenvalue weighted by molar-refractivity contribution is 0.00836. The summed E-state index contributed by atoms with van der Waals surface area (Å²) in [6, 6.07) is 8.76. The molecule has 2 rings (SSSR count). The number of fused-ring (bicyclic) bond motifs is 1. The topological polar surface area (TPSA) is 30.5 Å². The molecule has 1 N–H and O–H groups in total. The van der Waals surface area contributed by atoms with E-state index in [1.807, 2.05) is 6.07 Å². The van der Waals surface area contributed by atoms with Crippen molar-refractivity contribution in [3.63, 3.8) is 0 Å². The van der Waals surface area contributed by atoms with Crippen molar-refractivity contribution in [3.8, 4) is 5.75 Å². The van der Waals surface area contributed by atoms with Gasteiger partial charge in [0.2, 0.25) is 0 Å². The van der Waals surface area contributed by atoms with Crippen molar-refractivity contribution in [2.24, 2.45) is 0 Å². The van der Waals surface area contributed by atoms with Crippen LogP contribution in [0.5, 0.6) is 5.75 Å². The van der Waals surface area contributed by atoms with Crippen LogP contribution in [-0.4, -0.2) is 31.4 Å². The minimum atomic E-state index is -0.0718. The van der Waals surface area contributed by atoms with Gasteiger partial charge in [-0.1, -0.05) is 25.1 Å². The Morgan fingerprint density at radius 1 is 1.38 bits per heavy atom. The van der Waals surface area contributed by atoms with E-state index < -0.39 is 0 Å². The first-order chi connectivity index (χ1) is 10.1. The fourth-order valence-corrected chi connectivity index (χ4v) is 2.79. The van der Waals surface area contributed by atoms with E-state index in [0.717, 1.165) is 38.0 Å². The van der Waals surface area contributed by atoms with Gasteiger partial charge in [0.15, 0.2) is 0 Å². The maximum Gasteiger partial charge on any atom is 0.123 e. The summed E-state index contributed by atoms with van der Waals surface area (Å²) in [7, 11) is 1.79. The summed E-state index contributed by atoms with van der Waals surface area (Å²) >= 11 is 0. The largest absolute Gasteiger partial charge is 0.488 e. The van der Waals surface area contributed by atoms with Crippen LogP contribution in [0.3, 0.4) is 0 Å². The van der Waals surface area contributed by atoms with Crippen LogP contribution in [0.15, 0.2) is 24.3 Å². The highest BCUT2D eigenvalue weighted by Crippen LogP contribution is 2.31. The van der Waals surface area contributed by atoms with Crippen molar-refractivity contribution >= 4 is 0 Å². The number of para-hydroxylation sites is 1. The van der Waals surface area contributed by atoms with Gasteiger partial charge >= 0.3 is 0 Å². The molecule has 1 aliphatic heterocycles. The summed E-state index contributed by atoms with van der Waals surface area (Å²) in [4.78, 5) is 0. The quantitative estimate of drug-likeness (QED) is 0.794. The van der Waals surface area contributed by atoms with E-state index in [4.69, 9.17) is 9.47 Å². The summed E-state index contributed by atoms with van der Waals surface area (Å²) in [5.41, 5.74) is 1.26. The molecule has 1 aromatic rings. The summed E-state index contributed by atoms with van der Waals surface area (Å²) in [6.45, 7) is 7.53. The molecule has 0 aliphatic carbocycles. The van der Waals surface area contributed by atoms with Gasteiger partial charge in [-0.2, -0.15) is 0 Å². The third kappa shape index (κ3) is 4.45. The molecule has 1 aromatic carbocycles. The number of rotatable bonds is 8. The van der Waals surface area contributed by atoms with Crippen LogP contribution in [0.25, 0.3) is 0 Å². The molecule has 0 fully saturated rings. The molecule has 2 unspecified atom stereocenters. The average molecular weight is 291 g/mol. The van der Waals surface area contributed by atoms with Gasteiger partial charge < -0.3 is 14.8 Å². The molecule has 0 radical (unpaired) electrons. The fourth-order valence-electron chi connectivity index (χ4n) is 2.79. The van der Waals surface area contributed by atoms with E-state index >= 15 is 0 Å². The lowest BCUT2D eigenvalue weighted by atomic mass is 9.94. The zero-order valence-electron chi connectivity index (χ0n) is 13.8. The number of hydrogen-bond donors (Lipinski definition) is 1. The Hall–Kier alpha value is -1.06. The minimum Gasteiger partial charge on any atom is -0.488 e. The highest BCUT2D eigenvalue weighted by atomic mass is 16.5. The minimum absolute atomic E-state index is 0.0718. The van der Waals surface area contributed by atoms with Crippen LogP contribution in [0.4, 0.5) is 0 Å². The summed E-state index contributed by atoms with van der Waals surface area (Å²) in [6.07, 6.45) is 4.48. The molecule has 0 saturated heterocycles. The fraction of sp³-hybridized carbons (Fsp3) is 0.667. The van der Waals surface area contributed by atoms with Gasteiger partial charge in [-0.3, -0.25) is 0 Å². The van der Waals surface area contributed by atoms with E-state index in [1.54, 1.807) is 7.11 Å². The van der Waals surface area contributed by atoms with Gasteiger partial charge in [0, 0.05) is 19.6 Å². The summed E-state index contributed by atoms with van der Waals surface area (Å²) in [5, 5.41) is 3.66. The number of methoxy groups -OCH3 is 1. The Kier molecular flexibility index (Phi) is 5.65. The smallest absolute Gasteiger partial charge is 0.123 e. The molecule has 3 heteroatoms. The van der Waals surface area contributed by atoms with E-state index in [2.05, 4.69) is 44.3 Å². The molecule has 0 amide bonds. The maximum atomic E-state index is 6.16. The second-order valence-corrected chi connectivity index (χ2v) is 6.53. The highest BCUT2D eigenvalue weighted by Gasteiger charge is 2.31. The Labute approximate surface area is 129 Å². The Morgan fingerprint density at radius 3 is 2.81 bits per heavy atom. The van der Waals surface area contributed by atoms with Gasteiger partial charge in [-0.05, 0) is 51.3 Å². The molecule has 0 bridgehead atoms. The van der Waals surface area contributed by atoms with Crippen molar-refractivity contribution in [1.29, 1.82) is 0 Å². The van der Waals surface area contributed by atoms with E-state index in [9.17, 15) is 0 Å². The van der Waals surface area contributed by atoms with Crippen LogP contribution >= 0.6 is 0 Å². The third-order valence-electron chi connectivity index (χ3n) is 4.39. The predicted octanol–water partition coefficient (Wildman–Crippen LogP) is 3.56. The highest BCUT2D eigenvalue weighted by molar-refractivity contribution is 5.37. The first-order valence-corrected chi connectivity index (χ1v) is 8.09. The standard InChI is InChI=1S/C18H29NO2/c1-5-12-19-15(10-11-18(2,3)20-4)17-13-14-8-6-7-9-16(14)21-17/h6-9,15,17,19H,5,10-13H2,1-4H3. The van der Waals surface area contributed by atoms with E-state index in [-0.39, 0.29) is 11.7 Å². The zero-order valence-corrected chi connectivity index (χ0v) is 13.8. The number of ether oxygens (including phenoxy) is 2. The molecule has 0 spiro atoms. The molecule has 1 heterocycles. The number of nitrogens with one attached hydrogen (secondary N) is 1. The first-order valence-electron chi connectivity index (χ1n) is 8.09. The lowest BCUT2D eigenvalue weighted by Crippen LogP contribution is -2.44. The summed E-state index contributed by atoms with van der Waals surface area (Å²) in [5.74, 6) is 1.05. The monoisotopic (exact) mass is 291 g/mol. The zero-order chi connectivity index (χ0) is 15.3. The molecule has 0 aromatic heterocycles. The van der Waals surface area contributed by atoms with Gasteiger partial charge in [0.1, 0.15) is 11.9 Å². The van der Waals surface area contributed by atoms with Crippen LogP contribution in [0.1, 0.15) is 45.6 Å². The van der Waals surface area contributed by atoms with Crippen LogP contribution in [0.2, 0.25) is 0 Å². The molecule has 0 saturated carbocycles. The first kappa shape index (κ1) is 16.3. The van der Waals surface area contributed by atoms with Crippen molar-refractivity contribution < 1.29 is 9.47 Å². The molecule has 1 aliphatic rings. The molecule has 3 nitrogen and oxygen atoms in total. The van der Waals surface area contributed by atoms with Gasteiger partial charge in [0.05, 0.1) is 5.60 Å². The summed E-state index contributed by atoms with van der Waals surface area (Å²) < 4.78 is 11.7. The molecule has 2 atom stereocenters. The van der Waals surface area contributed by atoms with Crippen LogP contribution in [0, 0.1) is 0 Å². The van der Waals surface area contributed by atoms with E-state index in [1.165, 1.54) is 5.56 Å². The lowest BCUT2D eigenvalue weighted by Gasteiger charge is -2.29. The van der Waals surface area contributed by atoms with Gasteiger partial charge in [-0.25, -0.2) is 0 Å². The second kappa shape index (κ2) is 7.28. The van der Waals surface area contributed by atoms with Crippen molar-refractivity contribution in [3.05, 3.63) is 29.8 Å². The molecular weight excluding hydrogens is 262 g/mol. The Morgan fingerprint density at radius 2 is 2.14 bits per heavy atom. The van der Waals surface area contributed by atoms with Gasteiger partial charge in [0.25, 0.3) is 0 Å². The molecule has 21 heavy (non-hydrogen) atoms. The number of hydrogen-bond acceptors (Lipinski definition) is 3. The third-order valence-corrected chi connectivity index (χ3v) is 4.39. The molecule has 118 valence electrons. The SMILES string of the molecule is CCCNC(CCC(C)(C)OC)C1Cc2ccccc2O1. The van der Waals surface area contributed by atoms with Crippen molar-refractivity contribution in [2.45, 2.75) is 64.2 Å². The second-order valence-electron chi connectivity index (χ2n) is 6.53. The Balaban J connectivity index is 1.97. The normalized spacial score (nSPS) is 19.1. The van der Waals surface area contributed by atoms with E-state index in [0.29, 0.717) is 6.04 Å². The molecular formula is C18H29NO2. The van der Waals surface area contributed by atoms with Crippen molar-refractivity contribution in [1.82, 2.24) is 5.32 Å². The van der Waals surface area contributed by atoms with Crippen molar-refractivity contribution in [2.75, 3.05) is 13.7 Å². The average Bonchev–Trinajstić information content (AvgIpc) is 2.91. The Bertz CT molecular complexity index is 420. The maximum absolute atomic E-state index is 6.16. The number of benzene rings is 1.